The number of amides is 1. The summed E-state index contributed by atoms with van der Waals surface area (Å²) in [5.74, 6) is -4.35. The van der Waals surface area contributed by atoms with Gasteiger partial charge in [0.05, 0.1) is 11.4 Å². The van der Waals surface area contributed by atoms with Gasteiger partial charge >= 0.3 is 0 Å². The number of rotatable bonds is 5. The van der Waals surface area contributed by atoms with E-state index in [-0.39, 0.29) is 11.4 Å². The molecule has 0 fully saturated rings. The number of ether oxygens (including phenoxy) is 1. The Hall–Kier alpha value is -1.08. The minimum atomic E-state index is -1.22. The van der Waals surface area contributed by atoms with Crippen LogP contribution in [0.25, 0.3) is 0 Å². The van der Waals surface area contributed by atoms with Crippen molar-refractivity contribution in [2.75, 3.05) is 27.3 Å². The van der Waals surface area contributed by atoms with Crippen LogP contribution in [0.2, 0.25) is 0 Å². The highest BCUT2D eigenvalue weighted by atomic mass is 79.9. The number of carbonyl (C=O) groups is 1. The van der Waals surface area contributed by atoms with Crippen molar-refractivity contribution in [3.8, 4) is 0 Å². The highest BCUT2D eigenvalue weighted by Crippen LogP contribution is 2.17. The summed E-state index contributed by atoms with van der Waals surface area (Å²) in [6.45, 7) is 0.537. The molecule has 1 aromatic carbocycles. The molecule has 0 bridgehead atoms. The Balaban J connectivity index is 2.88. The predicted molar refractivity (Wildman–Crippen MR) is 67.9 cm³/mol. The zero-order chi connectivity index (χ0) is 14.6. The van der Waals surface area contributed by atoms with E-state index in [0.717, 1.165) is 4.90 Å². The van der Waals surface area contributed by atoms with Gasteiger partial charge in [0.15, 0.2) is 0 Å². The number of hydrogen-bond donors (Lipinski definition) is 0. The first-order valence-electron chi connectivity index (χ1n) is 5.39. The van der Waals surface area contributed by atoms with E-state index in [1.165, 1.54) is 14.2 Å². The molecule has 0 saturated heterocycles. The average Bonchev–Trinajstić information content (AvgIpc) is 2.27. The van der Waals surface area contributed by atoms with Gasteiger partial charge in [-0.05, 0) is 0 Å². The number of nitrogens with zero attached hydrogens (tertiary/aromatic N) is 1. The van der Waals surface area contributed by atoms with Gasteiger partial charge in [-0.25, -0.2) is 13.2 Å². The second kappa shape index (κ2) is 6.91. The van der Waals surface area contributed by atoms with Crippen molar-refractivity contribution in [2.45, 2.75) is 4.83 Å². The fourth-order valence-corrected chi connectivity index (χ4v) is 2.25. The third-order valence-corrected chi connectivity index (χ3v) is 2.94. The number of benzene rings is 1. The molecule has 19 heavy (non-hydrogen) atoms. The van der Waals surface area contributed by atoms with E-state index >= 15 is 0 Å². The molecule has 0 aromatic heterocycles. The van der Waals surface area contributed by atoms with Gasteiger partial charge in [-0.2, -0.15) is 0 Å². The lowest BCUT2D eigenvalue weighted by molar-refractivity contribution is 0.0774. The van der Waals surface area contributed by atoms with Crippen molar-refractivity contribution < 1.29 is 22.7 Å². The van der Waals surface area contributed by atoms with Crippen molar-refractivity contribution in [3.05, 3.63) is 35.1 Å². The Bertz CT molecular complexity index is 447. The van der Waals surface area contributed by atoms with Gasteiger partial charge in [-0.3, -0.25) is 4.79 Å². The largest absolute Gasteiger partial charge is 0.383 e. The molecular formula is C12H13BrF3NO2. The molecule has 3 nitrogen and oxygen atoms in total. The SMILES string of the molecule is COCC(Br)CN(C)C(=O)c1c(F)cc(F)cc1F. The van der Waals surface area contributed by atoms with E-state index in [4.69, 9.17) is 4.74 Å². The van der Waals surface area contributed by atoms with Gasteiger partial charge in [0, 0.05) is 32.8 Å². The third kappa shape index (κ3) is 4.21. The van der Waals surface area contributed by atoms with Crippen LogP contribution in [0.5, 0.6) is 0 Å². The lowest BCUT2D eigenvalue weighted by Gasteiger charge is -2.20. The van der Waals surface area contributed by atoms with Crippen LogP contribution < -0.4 is 0 Å². The van der Waals surface area contributed by atoms with Gasteiger partial charge in [0.1, 0.15) is 23.0 Å². The van der Waals surface area contributed by atoms with Gasteiger partial charge < -0.3 is 9.64 Å². The highest BCUT2D eigenvalue weighted by Gasteiger charge is 2.23. The number of methoxy groups -OCH3 is 1. The van der Waals surface area contributed by atoms with Crippen molar-refractivity contribution in [1.29, 1.82) is 0 Å². The summed E-state index contributed by atoms with van der Waals surface area (Å²) < 4.78 is 44.5. The summed E-state index contributed by atoms with van der Waals surface area (Å²) in [5.41, 5.74) is -0.763. The first-order valence-corrected chi connectivity index (χ1v) is 6.31. The first kappa shape index (κ1) is 16.0. The van der Waals surface area contributed by atoms with Crippen molar-refractivity contribution in [3.63, 3.8) is 0 Å². The molecular weight excluding hydrogens is 327 g/mol. The molecule has 0 aliphatic carbocycles. The number of alkyl halides is 1. The van der Waals surface area contributed by atoms with E-state index in [1.807, 2.05) is 0 Å². The zero-order valence-electron chi connectivity index (χ0n) is 10.4. The zero-order valence-corrected chi connectivity index (χ0v) is 12.0. The summed E-state index contributed by atoms with van der Waals surface area (Å²) in [7, 11) is 2.89. The van der Waals surface area contributed by atoms with E-state index in [2.05, 4.69) is 15.9 Å². The van der Waals surface area contributed by atoms with Crippen molar-refractivity contribution in [2.24, 2.45) is 0 Å². The van der Waals surface area contributed by atoms with Crippen LogP contribution in [-0.4, -0.2) is 42.9 Å². The molecule has 106 valence electrons. The highest BCUT2D eigenvalue weighted by molar-refractivity contribution is 9.09. The quantitative estimate of drug-likeness (QED) is 0.771. The summed E-state index contributed by atoms with van der Waals surface area (Å²) >= 11 is 3.26. The van der Waals surface area contributed by atoms with Crippen LogP contribution >= 0.6 is 15.9 Å². The van der Waals surface area contributed by atoms with E-state index in [9.17, 15) is 18.0 Å². The molecule has 1 amide bonds. The molecule has 7 heteroatoms. The summed E-state index contributed by atoms with van der Waals surface area (Å²) in [6.07, 6.45) is 0. The maximum absolute atomic E-state index is 13.4. The van der Waals surface area contributed by atoms with Crippen LogP contribution in [0, 0.1) is 17.5 Å². The molecule has 1 rings (SSSR count). The van der Waals surface area contributed by atoms with Crippen LogP contribution in [0.4, 0.5) is 13.2 Å². The predicted octanol–water partition coefficient (Wildman–Crippen LogP) is 2.59. The summed E-state index contributed by atoms with van der Waals surface area (Å²) in [6, 6.07) is 0.954. The molecule has 1 unspecified atom stereocenters. The Morgan fingerprint density at radius 1 is 1.37 bits per heavy atom. The molecule has 0 radical (unpaired) electrons. The van der Waals surface area contributed by atoms with Crippen LogP contribution in [0.3, 0.4) is 0 Å². The Morgan fingerprint density at radius 3 is 2.37 bits per heavy atom. The maximum Gasteiger partial charge on any atom is 0.259 e. The molecule has 1 atom stereocenters. The normalized spacial score (nSPS) is 12.3. The molecule has 0 aliphatic rings. The minimum absolute atomic E-state index is 0.168. The molecule has 0 spiro atoms. The number of hydrogen-bond acceptors (Lipinski definition) is 2. The number of carbonyl (C=O) groups excluding carboxylic acids is 1. The van der Waals surface area contributed by atoms with E-state index in [0.29, 0.717) is 18.7 Å². The van der Waals surface area contributed by atoms with Crippen LogP contribution in [0.1, 0.15) is 10.4 Å². The Kier molecular flexibility index (Phi) is 5.81. The van der Waals surface area contributed by atoms with Gasteiger partial charge in [-0.15, -0.1) is 0 Å². The monoisotopic (exact) mass is 339 g/mol. The topological polar surface area (TPSA) is 29.5 Å². The smallest absolute Gasteiger partial charge is 0.259 e. The van der Waals surface area contributed by atoms with E-state index in [1.54, 1.807) is 0 Å². The average molecular weight is 340 g/mol. The fourth-order valence-electron chi connectivity index (χ4n) is 1.55. The Morgan fingerprint density at radius 2 is 1.89 bits per heavy atom. The molecule has 0 N–H and O–H groups in total. The fraction of sp³-hybridized carbons (Fsp3) is 0.417. The molecule has 0 aliphatic heterocycles. The third-order valence-electron chi connectivity index (χ3n) is 2.39. The molecule has 0 saturated carbocycles. The lowest BCUT2D eigenvalue weighted by atomic mass is 10.1. The second-order valence-electron chi connectivity index (χ2n) is 3.98. The maximum atomic E-state index is 13.4. The Labute approximate surface area is 117 Å². The van der Waals surface area contributed by atoms with Crippen LogP contribution in [-0.2, 0) is 4.74 Å². The molecule has 0 heterocycles. The standard InChI is InChI=1S/C12H13BrF3NO2/c1-17(5-7(13)6-19-2)12(18)11-9(15)3-8(14)4-10(11)16/h3-4,7H,5-6H2,1-2H3. The van der Waals surface area contributed by atoms with Crippen molar-refractivity contribution >= 4 is 21.8 Å². The van der Waals surface area contributed by atoms with E-state index < -0.39 is 28.9 Å². The van der Waals surface area contributed by atoms with Crippen LogP contribution in [0.15, 0.2) is 12.1 Å². The second-order valence-corrected chi connectivity index (χ2v) is 5.28. The lowest BCUT2D eigenvalue weighted by Crippen LogP contribution is -2.34. The van der Waals surface area contributed by atoms with Crippen molar-refractivity contribution in [1.82, 2.24) is 4.90 Å². The first-order chi connectivity index (χ1) is 8.86. The minimum Gasteiger partial charge on any atom is -0.383 e. The van der Waals surface area contributed by atoms with Gasteiger partial charge in [0.25, 0.3) is 5.91 Å². The van der Waals surface area contributed by atoms with Gasteiger partial charge in [-0.1, -0.05) is 15.9 Å². The summed E-state index contributed by atoms with van der Waals surface area (Å²) in [4.78, 5) is 12.9. The number of halogens is 4. The summed E-state index contributed by atoms with van der Waals surface area (Å²) in [5, 5.41) is 0. The van der Waals surface area contributed by atoms with Gasteiger partial charge in [0.2, 0.25) is 0 Å². The molecule has 1 aromatic rings.